The number of nitrogens with zero attached hydrogens (tertiary/aromatic N) is 1. The van der Waals surface area contributed by atoms with Gasteiger partial charge in [-0.1, -0.05) is 0 Å². The molecule has 0 spiro atoms. The molecule has 0 aromatic heterocycles. The maximum absolute atomic E-state index is 12.8. The van der Waals surface area contributed by atoms with Gasteiger partial charge in [-0.25, -0.2) is 8.78 Å². The molecule has 1 atom stereocenters. The lowest BCUT2D eigenvalue weighted by Crippen LogP contribution is -2.36. The molecule has 1 unspecified atom stereocenters. The molecule has 2 nitrogen and oxygen atoms in total. The molecule has 0 radical (unpaired) electrons. The Labute approximate surface area is 70.9 Å². The molecule has 2 saturated heterocycles. The van der Waals surface area contributed by atoms with Crippen LogP contribution in [-0.4, -0.2) is 43.0 Å². The number of nitrogens with one attached hydrogen (secondary N) is 1. The van der Waals surface area contributed by atoms with Gasteiger partial charge in [-0.15, -0.1) is 0 Å². The van der Waals surface area contributed by atoms with Gasteiger partial charge in [0.1, 0.15) is 0 Å². The summed E-state index contributed by atoms with van der Waals surface area (Å²) in [6.07, 6.45) is 1.07. The summed E-state index contributed by atoms with van der Waals surface area (Å²) in [5.41, 5.74) is 0. The van der Waals surface area contributed by atoms with Crippen LogP contribution in [0.4, 0.5) is 8.78 Å². The second-order valence-electron chi connectivity index (χ2n) is 3.72. The van der Waals surface area contributed by atoms with E-state index < -0.39 is 5.92 Å². The van der Waals surface area contributed by atoms with Gasteiger partial charge in [0.15, 0.2) is 0 Å². The summed E-state index contributed by atoms with van der Waals surface area (Å²) < 4.78 is 25.6. The van der Waals surface area contributed by atoms with Gasteiger partial charge in [0, 0.05) is 25.6 Å². The molecule has 0 aliphatic carbocycles. The van der Waals surface area contributed by atoms with Crippen molar-refractivity contribution in [1.29, 1.82) is 0 Å². The summed E-state index contributed by atoms with van der Waals surface area (Å²) in [7, 11) is 0. The smallest absolute Gasteiger partial charge is 0.261 e. The molecule has 12 heavy (non-hydrogen) atoms. The predicted octanol–water partition coefficient (Wildman–Crippen LogP) is 0.689. The molecule has 2 aliphatic rings. The zero-order valence-corrected chi connectivity index (χ0v) is 7.02. The molecule has 0 amide bonds. The van der Waals surface area contributed by atoms with Crippen LogP contribution in [0.15, 0.2) is 0 Å². The third-order valence-electron chi connectivity index (χ3n) is 2.75. The molecule has 0 bridgehead atoms. The van der Waals surface area contributed by atoms with Gasteiger partial charge in [-0.05, 0) is 13.0 Å². The summed E-state index contributed by atoms with van der Waals surface area (Å²) in [4.78, 5) is 1.92. The Morgan fingerprint density at radius 2 is 2.25 bits per heavy atom. The van der Waals surface area contributed by atoms with Crippen LogP contribution < -0.4 is 5.32 Å². The van der Waals surface area contributed by atoms with Crippen LogP contribution in [0, 0.1) is 0 Å². The highest BCUT2D eigenvalue weighted by Gasteiger charge is 2.41. The standard InChI is InChI=1S/C8H14F2N2/c9-8(10)2-4-12(6-8)7-1-3-11-5-7/h7,11H,1-6H2. The maximum Gasteiger partial charge on any atom is 0.261 e. The molecular formula is C8H14F2N2. The number of alkyl halides is 2. The minimum absolute atomic E-state index is 0.0284. The normalized spacial score (nSPS) is 36.0. The van der Waals surface area contributed by atoms with E-state index >= 15 is 0 Å². The SMILES string of the molecule is FC1(F)CCN(C2CCNC2)C1. The first-order valence-electron chi connectivity index (χ1n) is 4.50. The summed E-state index contributed by atoms with van der Waals surface area (Å²) in [6.45, 7) is 2.40. The number of likely N-dealkylation sites (tertiary alicyclic amines) is 1. The van der Waals surface area contributed by atoms with E-state index in [0.717, 1.165) is 19.5 Å². The summed E-state index contributed by atoms with van der Waals surface area (Å²) >= 11 is 0. The molecule has 0 saturated carbocycles. The highest BCUT2D eigenvalue weighted by atomic mass is 19.3. The van der Waals surface area contributed by atoms with Crippen molar-refractivity contribution in [2.75, 3.05) is 26.2 Å². The van der Waals surface area contributed by atoms with Crippen molar-refractivity contribution in [3.8, 4) is 0 Å². The van der Waals surface area contributed by atoms with Gasteiger partial charge >= 0.3 is 0 Å². The quantitative estimate of drug-likeness (QED) is 0.632. The lowest BCUT2D eigenvalue weighted by Gasteiger charge is -2.22. The van der Waals surface area contributed by atoms with Gasteiger partial charge in [0.2, 0.25) is 0 Å². The second-order valence-corrected chi connectivity index (χ2v) is 3.72. The predicted molar refractivity (Wildman–Crippen MR) is 42.4 cm³/mol. The van der Waals surface area contributed by atoms with Crippen molar-refractivity contribution in [2.24, 2.45) is 0 Å². The Kier molecular flexibility index (Phi) is 2.04. The van der Waals surface area contributed by atoms with E-state index in [9.17, 15) is 8.78 Å². The van der Waals surface area contributed by atoms with Crippen molar-refractivity contribution >= 4 is 0 Å². The lowest BCUT2D eigenvalue weighted by atomic mass is 10.2. The van der Waals surface area contributed by atoms with Crippen molar-refractivity contribution < 1.29 is 8.78 Å². The zero-order chi connectivity index (χ0) is 8.60. The summed E-state index contributed by atoms with van der Waals surface area (Å²) in [5, 5.41) is 3.19. The number of halogens is 2. The monoisotopic (exact) mass is 176 g/mol. The van der Waals surface area contributed by atoms with E-state index in [0.29, 0.717) is 12.6 Å². The second kappa shape index (κ2) is 2.92. The molecule has 0 aromatic carbocycles. The van der Waals surface area contributed by atoms with Crippen LogP contribution >= 0.6 is 0 Å². The topological polar surface area (TPSA) is 15.3 Å². The Balaban J connectivity index is 1.90. The van der Waals surface area contributed by atoms with Gasteiger partial charge in [0.25, 0.3) is 5.92 Å². The fraction of sp³-hybridized carbons (Fsp3) is 1.00. The lowest BCUT2D eigenvalue weighted by molar-refractivity contribution is 0.00852. The fourth-order valence-corrected chi connectivity index (χ4v) is 2.03. The van der Waals surface area contributed by atoms with Crippen LogP contribution in [0.3, 0.4) is 0 Å². The van der Waals surface area contributed by atoms with Gasteiger partial charge in [0.05, 0.1) is 6.54 Å². The molecule has 4 heteroatoms. The Bertz CT molecular complexity index is 166. The Morgan fingerprint density at radius 3 is 2.75 bits per heavy atom. The molecule has 1 N–H and O–H groups in total. The first kappa shape index (κ1) is 8.38. The minimum atomic E-state index is -2.43. The van der Waals surface area contributed by atoms with Crippen molar-refractivity contribution in [3.05, 3.63) is 0 Å². The molecule has 2 rings (SSSR count). The highest BCUT2D eigenvalue weighted by Crippen LogP contribution is 2.29. The zero-order valence-electron chi connectivity index (χ0n) is 7.02. The summed E-state index contributed by atoms with van der Waals surface area (Å²) in [6, 6.07) is 0.360. The molecular weight excluding hydrogens is 162 g/mol. The van der Waals surface area contributed by atoms with Crippen LogP contribution in [0.1, 0.15) is 12.8 Å². The largest absolute Gasteiger partial charge is 0.315 e. The van der Waals surface area contributed by atoms with E-state index in [1.165, 1.54) is 0 Å². The molecule has 70 valence electrons. The molecule has 2 heterocycles. The fourth-order valence-electron chi connectivity index (χ4n) is 2.03. The number of rotatable bonds is 1. The van der Waals surface area contributed by atoms with E-state index in [-0.39, 0.29) is 13.0 Å². The van der Waals surface area contributed by atoms with Crippen LogP contribution in [-0.2, 0) is 0 Å². The van der Waals surface area contributed by atoms with E-state index in [2.05, 4.69) is 5.32 Å². The third-order valence-corrected chi connectivity index (χ3v) is 2.75. The molecule has 2 fully saturated rings. The van der Waals surface area contributed by atoms with E-state index in [4.69, 9.17) is 0 Å². The summed E-state index contributed by atoms with van der Waals surface area (Å²) in [5.74, 6) is -2.43. The van der Waals surface area contributed by atoms with Crippen LogP contribution in [0.25, 0.3) is 0 Å². The van der Waals surface area contributed by atoms with E-state index in [1.54, 1.807) is 0 Å². The van der Waals surface area contributed by atoms with Gasteiger partial charge in [-0.2, -0.15) is 0 Å². The first-order chi connectivity index (χ1) is 5.67. The van der Waals surface area contributed by atoms with E-state index in [1.807, 2.05) is 4.90 Å². The average Bonchev–Trinajstić information content (AvgIpc) is 2.55. The molecule has 0 aromatic rings. The minimum Gasteiger partial charge on any atom is -0.315 e. The number of hydrogen-bond acceptors (Lipinski definition) is 2. The maximum atomic E-state index is 12.8. The van der Waals surface area contributed by atoms with Gasteiger partial charge in [-0.3, -0.25) is 4.90 Å². The van der Waals surface area contributed by atoms with Crippen LogP contribution in [0.2, 0.25) is 0 Å². The van der Waals surface area contributed by atoms with Gasteiger partial charge < -0.3 is 5.32 Å². The number of hydrogen-bond donors (Lipinski definition) is 1. The highest BCUT2D eigenvalue weighted by molar-refractivity contribution is 4.89. The van der Waals surface area contributed by atoms with Crippen molar-refractivity contribution in [2.45, 2.75) is 24.8 Å². The van der Waals surface area contributed by atoms with Crippen molar-refractivity contribution in [1.82, 2.24) is 10.2 Å². The Hall–Kier alpha value is -0.220. The third kappa shape index (κ3) is 1.59. The molecule has 2 aliphatic heterocycles. The van der Waals surface area contributed by atoms with Crippen molar-refractivity contribution in [3.63, 3.8) is 0 Å². The first-order valence-corrected chi connectivity index (χ1v) is 4.50. The average molecular weight is 176 g/mol. The Morgan fingerprint density at radius 1 is 1.42 bits per heavy atom. The van der Waals surface area contributed by atoms with Crippen LogP contribution in [0.5, 0.6) is 0 Å².